The van der Waals surface area contributed by atoms with Crippen LogP contribution >= 0.6 is 0 Å². The largest absolute Gasteiger partial charge is 0.343 e. The van der Waals surface area contributed by atoms with Gasteiger partial charge in [-0.3, -0.25) is 9.78 Å². The average molecular weight is 375 g/mol. The van der Waals surface area contributed by atoms with Gasteiger partial charge < -0.3 is 4.98 Å². The number of pyridine rings is 2. The van der Waals surface area contributed by atoms with E-state index in [1.165, 1.54) is 6.20 Å². The third kappa shape index (κ3) is 2.82. The number of nitrogens with zero attached hydrogens (tertiary/aromatic N) is 4. The Balaban J connectivity index is 1.86. The maximum atomic E-state index is 12.6. The summed E-state index contributed by atoms with van der Waals surface area (Å²) < 4.78 is 0. The van der Waals surface area contributed by atoms with E-state index >= 15 is 0 Å². The second-order valence-electron chi connectivity index (χ2n) is 6.54. The van der Waals surface area contributed by atoms with E-state index in [9.17, 15) is 10.1 Å². The molecule has 0 saturated heterocycles. The number of hydrogen-bond acceptors (Lipinski definition) is 5. The van der Waals surface area contributed by atoms with Crippen molar-refractivity contribution in [2.24, 2.45) is 0 Å². The summed E-state index contributed by atoms with van der Waals surface area (Å²) in [5, 5.41) is 10.2. The highest BCUT2D eigenvalue weighted by molar-refractivity contribution is 5.89. The SMILES string of the molecule is N#Cc1c[nH]c2nc(-c3ccccc3)c(-c3ccc4ncccc4c3)nc2c1=O. The van der Waals surface area contributed by atoms with Crippen molar-refractivity contribution in [3.8, 4) is 28.6 Å². The summed E-state index contributed by atoms with van der Waals surface area (Å²) in [5.41, 5.74) is 3.87. The Morgan fingerprint density at radius 3 is 2.55 bits per heavy atom. The summed E-state index contributed by atoms with van der Waals surface area (Å²) >= 11 is 0. The van der Waals surface area contributed by atoms with E-state index < -0.39 is 5.43 Å². The van der Waals surface area contributed by atoms with Crippen LogP contribution in [0.25, 0.3) is 44.6 Å². The Morgan fingerprint density at radius 1 is 0.897 bits per heavy atom. The van der Waals surface area contributed by atoms with Crippen LogP contribution in [-0.4, -0.2) is 19.9 Å². The first-order chi connectivity index (χ1) is 14.2. The Bertz CT molecular complexity index is 1480. The molecule has 6 nitrogen and oxygen atoms in total. The zero-order valence-corrected chi connectivity index (χ0v) is 15.1. The minimum atomic E-state index is -0.433. The molecule has 0 aliphatic rings. The second kappa shape index (κ2) is 6.66. The number of H-pyrrole nitrogens is 1. The lowest BCUT2D eigenvalue weighted by atomic mass is 10.0. The molecule has 3 aromatic heterocycles. The first-order valence-electron chi connectivity index (χ1n) is 8.99. The molecule has 1 N–H and O–H groups in total. The van der Waals surface area contributed by atoms with Gasteiger partial charge in [-0.15, -0.1) is 0 Å². The number of rotatable bonds is 2. The first kappa shape index (κ1) is 16.8. The summed E-state index contributed by atoms with van der Waals surface area (Å²) in [4.78, 5) is 29.3. The van der Waals surface area contributed by atoms with Gasteiger partial charge in [0.05, 0.1) is 16.9 Å². The maximum Gasteiger partial charge on any atom is 0.227 e. The minimum Gasteiger partial charge on any atom is -0.343 e. The van der Waals surface area contributed by atoms with Gasteiger partial charge in [-0.1, -0.05) is 42.5 Å². The monoisotopic (exact) mass is 375 g/mol. The Hall–Kier alpha value is -4.37. The summed E-state index contributed by atoms with van der Waals surface area (Å²) in [6.07, 6.45) is 3.12. The molecule has 29 heavy (non-hydrogen) atoms. The van der Waals surface area contributed by atoms with Crippen LogP contribution < -0.4 is 5.43 Å². The van der Waals surface area contributed by atoms with Crippen molar-refractivity contribution in [3.05, 3.63) is 88.8 Å². The molecule has 6 heteroatoms. The molecule has 0 atom stereocenters. The highest BCUT2D eigenvalue weighted by Crippen LogP contribution is 2.31. The molecule has 0 saturated carbocycles. The van der Waals surface area contributed by atoms with E-state index in [-0.39, 0.29) is 11.1 Å². The molecule has 5 aromatic rings. The number of aromatic nitrogens is 4. The van der Waals surface area contributed by atoms with Gasteiger partial charge in [0.25, 0.3) is 0 Å². The molecule has 5 rings (SSSR count). The zero-order valence-electron chi connectivity index (χ0n) is 15.1. The molecule has 0 amide bonds. The number of aromatic amines is 1. The smallest absolute Gasteiger partial charge is 0.227 e. The van der Waals surface area contributed by atoms with Gasteiger partial charge in [0.15, 0.2) is 11.2 Å². The molecule has 0 radical (unpaired) electrons. The molecular weight excluding hydrogens is 362 g/mol. The maximum absolute atomic E-state index is 12.6. The molecule has 2 aromatic carbocycles. The second-order valence-corrected chi connectivity index (χ2v) is 6.54. The van der Waals surface area contributed by atoms with E-state index in [0.717, 1.165) is 22.0 Å². The molecule has 0 spiro atoms. The van der Waals surface area contributed by atoms with Gasteiger partial charge in [-0.05, 0) is 18.2 Å². The summed E-state index contributed by atoms with van der Waals surface area (Å²) in [6.45, 7) is 0. The number of fused-ring (bicyclic) bond motifs is 2. The van der Waals surface area contributed by atoms with Crippen molar-refractivity contribution < 1.29 is 0 Å². The van der Waals surface area contributed by atoms with Gasteiger partial charge in [0.1, 0.15) is 11.6 Å². The van der Waals surface area contributed by atoms with Crippen LogP contribution in [0.3, 0.4) is 0 Å². The highest BCUT2D eigenvalue weighted by atomic mass is 16.1. The number of benzene rings is 2. The van der Waals surface area contributed by atoms with Gasteiger partial charge in [-0.25, -0.2) is 9.97 Å². The van der Waals surface area contributed by atoms with Crippen LogP contribution in [0.15, 0.2) is 77.9 Å². The third-order valence-corrected chi connectivity index (χ3v) is 4.75. The van der Waals surface area contributed by atoms with Gasteiger partial charge in [0, 0.05) is 28.9 Å². The predicted octanol–water partition coefficient (Wildman–Crippen LogP) is 4.07. The van der Waals surface area contributed by atoms with Crippen molar-refractivity contribution in [1.29, 1.82) is 5.26 Å². The third-order valence-electron chi connectivity index (χ3n) is 4.75. The van der Waals surface area contributed by atoms with Gasteiger partial charge in [0.2, 0.25) is 5.43 Å². The molecule has 0 aliphatic carbocycles. The Labute approximate surface area is 165 Å². The van der Waals surface area contributed by atoms with E-state index in [4.69, 9.17) is 4.98 Å². The number of hydrogen-bond donors (Lipinski definition) is 1. The molecule has 3 heterocycles. The van der Waals surface area contributed by atoms with Crippen molar-refractivity contribution in [2.45, 2.75) is 0 Å². The van der Waals surface area contributed by atoms with Crippen LogP contribution in [0, 0.1) is 11.3 Å². The standard InChI is InChI=1S/C23H13N5O/c24-12-17-13-26-23-21(22(17)29)27-20(19(28-23)14-5-2-1-3-6-14)16-8-9-18-15(11-16)7-4-10-25-18/h1-11,13H,(H,26,28,29). The zero-order chi connectivity index (χ0) is 19.8. The molecule has 0 unspecified atom stereocenters. The average Bonchev–Trinajstić information content (AvgIpc) is 2.79. The molecule has 136 valence electrons. The van der Waals surface area contributed by atoms with Crippen LogP contribution in [-0.2, 0) is 0 Å². The topological polar surface area (TPSA) is 95.3 Å². The van der Waals surface area contributed by atoms with E-state index in [1.54, 1.807) is 6.20 Å². The van der Waals surface area contributed by atoms with Crippen LogP contribution in [0.1, 0.15) is 5.56 Å². The fourth-order valence-electron chi connectivity index (χ4n) is 3.33. The van der Waals surface area contributed by atoms with Gasteiger partial charge in [-0.2, -0.15) is 5.26 Å². The Morgan fingerprint density at radius 2 is 1.72 bits per heavy atom. The lowest BCUT2D eigenvalue weighted by Crippen LogP contribution is -2.11. The van der Waals surface area contributed by atoms with Crippen LogP contribution in [0.4, 0.5) is 0 Å². The van der Waals surface area contributed by atoms with Crippen molar-refractivity contribution >= 4 is 22.1 Å². The molecule has 0 aliphatic heterocycles. The van der Waals surface area contributed by atoms with Crippen molar-refractivity contribution in [3.63, 3.8) is 0 Å². The lowest BCUT2D eigenvalue weighted by molar-refractivity contribution is 1.20. The predicted molar refractivity (Wildman–Crippen MR) is 111 cm³/mol. The first-order valence-corrected chi connectivity index (χ1v) is 8.99. The van der Waals surface area contributed by atoms with E-state index in [2.05, 4.69) is 15.0 Å². The minimum absolute atomic E-state index is 0.00734. The Kier molecular flexibility index (Phi) is 3.85. The highest BCUT2D eigenvalue weighted by Gasteiger charge is 2.16. The fraction of sp³-hybridized carbons (Fsp3) is 0. The normalized spacial score (nSPS) is 10.9. The summed E-state index contributed by atoms with van der Waals surface area (Å²) in [7, 11) is 0. The summed E-state index contributed by atoms with van der Waals surface area (Å²) in [6, 6.07) is 21.2. The molecule has 0 bridgehead atoms. The number of nitriles is 1. The van der Waals surface area contributed by atoms with E-state index in [0.29, 0.717) is 17.0 Å². The summed E-state index contributed by atoms with van der Waals surface area (Å²) in [5.74, 6) is 0. The van der Waals surface area contributed by atoms with Crippen LogP contribution in [0.2, 0.25) is 0 Å². The van der Waals surface area contributed by atoms with Crippen molar-refractivity contribution in [1.82, 2.24) is 19.9 Å². The lowest BCUT2D eigenvalue weighted by Gasteiger charge is -2.11. The fourth-order valence-corrected chi connectivity index (χ4v) is 3.33. The quantitative estimate of drug-likeness (QED) is 0.502. The van der Waals surface area contributed by atoms with Crippen LogP contribution in [0.5, 0.6) is 0 Å². The van der Waals surface area contributed by atoms with Gasteiger partial charge >= 0.3 is 0 Å². The molecule has 0 fully saturated rings. The van der Waals surface area contributed by atoms with E-state index in [1.807, 2.05) is 66.7 Å². The number of nitrogens with one attached hydrogen (secondary N) is 1. The molecular formula is C23H13N5O. The van der Waals surface area contributed by atoms with Crippen molar-refractivity contribution in [2.75, 3.05) is 0 Å².